The minimum atomic E-state index is -2.02. The smallest absolute Gasteiger partial charge is 0.192 e. The first-order valence-electron chi connectivity index (χ1n) is 13.4. The van der Waals surface area contributed by atoms with E-state index < -0.39 is 20.7 Å². The molecule has 1 fully saturated rings. The fraction of sp³-hybridized carbons (Fsp3) is 0.759. The van der Waals surface area contributed by atoms with Crippen molar-refractivity contribution in [3.8, 4) is 5.75 Å². The molecule has 0 saturated carbocycles. The Morgan fingerprint density at radius 2 is 1.72 bits per heavy atom. The maximum absolute atomic E-state index is 13.3. The summed E-state index contributed by atoms with van der Waals surface area (Å²) < 4.78 is 24.2. The van der Waals surface area contributed by atoms with Crippen LogP contribution in [-0.2, 0) is 18.7 Å². The summed E-state index contributed by atoms with van der Waals surface area (Å²) in [6, 6.07) is 7.59. The molecule has 7 heteroatoms. The molecule has 2 rings (SSSR count). The molecule has 0 bridgehead atoms. The summed E-state index contributed by atoms with van der Waals surface area (Å²) in [5, 5.41) is 11.2. The van der Waals surface area contributed by atoms with Crippen molar-refractivity contribution in [1.82, 2.24) is 0 Å². The van der Waals surface area contributed by atoms with E-state index in [1.54, 1.807) is 7.11 Å². The second-order valence-electron chi connectivity index (χ2n) is 12.5. The third-order valence-corrected chi connectivity index (χ3v) is 12.6. The molecule has 1 aromatic carbocycles. The topological polar surface area (TPSA) is 74.2 Å². The van der Waals surface area contributed by atoms with Gasteiger partial charge in [0.1, 0.15) is 11.5 Å². The molecule has 6 nitrogen and oxygen atoms in total. The number of rotatable bonds is 11. The van der Waals surface area contributed by atoms with Crippen LogP contribution < -0.4 is 4.74 Å². The predicted molar refractivity (Wildman–Crippen MR) is 147 cm³/mol. The Labute approximate surface area is 220 Å². The Balaban J connectivity index is 2.07. The maximum Gasteiger partial charge on any atom is 0.192 e. The number of Topliss-reactive ketones (excluding diaryl/α,β-unsaturated/α-hetero) is 1. The number of ether oxygens (including phenoxy) is 3. The Morgan fingerprint density at radius 1 is 1.14 bits per heavy atom. The van der Waals surface area contributed by atoms with Gasteiger partial charge in [0.05, 0.1) is 32.0 Å². The lowest BCUT2D eigenvalue weighted by molar-refractivity contribution is -0.248. The van der Waals surface area contributed by atoms with E-state index in [0.717, 1.165) is 11.3 Å². The first-order chi connectivity index (χ1) is 16.6. The lowest BCUT2D eigenvalue weighted by atomic mass is 9.83. The highest BCUT2D eigenvalue weighted by Crippen LogP contribution is 2.40. The molecule has 1 saturated heterocycles. The zero-order valence-corrected chi connectivity index (χ0v) is 25.3. The van der Waals surface area contributed by atoms with Crippen LogP contribution in [0.1, 0.15) is 73.7 Å². The zero-order valence-electron chi connectivity index (χ0n) is 24.3. The van der Waals surface area contributed by atoms with Crippen molar-refractivity contribution in [1.29, 1.82) is 0 Å². The average Bonchev–Trinajstić information content (AvgIpc) is 2.81. The van der Waals surface area contributed by atoms with Crippen molar-refractivity contribution in [2.75, 3.05) is 13.7 Å². The van der Waals surface area contributed by atoms with Gasteiger partial charge in [0.2, 0.25) is 0 Å². The SMILES string of the molecule is COc1ccc([C@H]2OC[C@H](C)[C@@H]([C@@H](C)C(=O)C[C@@H](O)[C@H](C)[C@@H](O[Si](C)(C)C(C)(C)C)C(C)C)O2)cc1. The summed E-state index contributed by atoms with van der Waals surface area (Å²) in [6.45, 7) is 21.8. The van der Waals surface area contributed by atoms with E-state index in [1.165, 1.54) is 0 Å². The van der Waals surface area contributed by atoms with Crippen molar-refractivity contribution in [2.45, 2.75) is 105 Å². The maximum atomic E-state index is 13.3. The van der Waals surface area contributed by atoms with Gasteiger partial charge in [0.15, 0.2) is 14.6 Å². The van der Waals surface area contributed by atoms with Crippen LogP contribution in [0.4, 0.5) is 0 Å². The number of ketones is 1. The van der Waals surface area contributed by atoms with Crippen molar-refractivity contribution in [3.63, 3.8) is 0 Å². The minimum absolute atomic E-state index is 0.0106. The van der Waals surface area contributed by atoms with Crippen LogP contribution in [0.3, 0.4) is 0 Å². The Hall–Kier alpha value is -1.25. The fourth-order valence-corrected chi connectivity index (χ4v) is 6.07. The molecule has 7 atom stereocenters. The van der Waals surface area contributed by atoms with Gasteiger partial charge in [-0.1, -0.05) is 67.5 Å². The van der Waals surface area contributed by atoms with Crippen molar-refractivity contribution in [3.05, 3.63) is 29.8 Å². The summed E-state index contributed by atoms with van der Waals surface area (Å²) in [5.41, 5.74) is 0.892. The van der Waals surface area contributed by atoms with Crippen molar-refractivity contribution >= 4 is 14.1 Å². The van der Waals surface area contributed by atoms with Crippen LogP contribution in [0, 0.1) is 23.7 Å². The Morgan fingerprint density at radius 3 is 2.22 bits per heavy atom. The van der Waals surface area contributed by atoms with E-state index in [2.05, 4.69) is 47.7 Å². The molecule has 1 N–H and O–H groups in total. The molecule has 0 unspecified atom stereocenters. The lowest BCUT2D eigenvalue weighted by Crippen LogP contribution is -2.49. The van der Waals surface area contributed by atoms with Gasteiger partial charge in [-0.25, -0.2) is 0 Å². The summed E-state index contributed by atoms with van der Waals surface area (Å²) in [6.07, 6.45) is -1.61. The van der Waals surface area contributed by atoms with Crippen LogP contribution in [0.2, 0.25) is 18.1 Å². The molecular formula is C29H50O6Si. The highest BCUT2D eigenvalue weighted by atomic mass is 28.4. The predicted octanol–water partition coefficient (Wildman–Crippen LogP) is 6.38. The number of carbonyl (C=O) groups is 1. The third-order valence-electron chi connectivity index (χ3n) is 8.17. The van der Waals surface area contributed by atoms with Crippen LogP contribution in [0.15, 0.2) is 24.3 Å². The number of aliphatic hydroxyl groups excluding tert-OH is 1. The molecule has 0 spiro atoms. The molecule has 1 aliphatic rings. The van der Waals surface area contributed by atoms with Crippen LogP contribution in [0.25, 0.3) is 0 Å². The zero-order chi connectivity index (χ0) is 27.4. The number of benzene rings is 1. The normalized spacial score (nSPS) is 24.8. The molecule has 0 amide bonds. The highest BCUT2D eigenvalue weighted by molar-refractivity contribution is 6.74. The second-order valence-corrected chi connectivity index (χ2v) is 17.2. The second kappa shape index (κ2) is 12.5. The molecule has 206 valence electrons. The molecule has 1 heterocycles. The van der Waals surface area contributed by atoms with Gasteiger partial charge in [0.25, 0.3) is 0 Å². The quantitative estimate of drug-likeness (QED) is 0.340. The van der Waals surface area contributed by atoms with E-state index in [0.29, 0.717) is 6.61 Å². The van der Waals surface area contributed by atoms with Crippen molar-refractivity contribution < 1.29 is 28.5 Å². The molecule has 1 aliphatic heterocycles. The molecule has 1 aromatic rings. The van der Waals surface area contributed by atoms with Gasteiger partial charge < -0.3 is 23.7 Å². The van der Waals surface area contributed by atoms with Gasteiger partial charge in [0, 0.05) is 29.7 Å². The average molecular weight is 523 g/mol. The number of hydrogen-bond donors (Lipinski definition) is 1. The largest absolute Gasteiger partial charge is 0.497 e. The third kappa shape index (κ3) is 7.64. The van der Waals surface area contributed by atoms with Crippen molar-refractivity contribution in [2.24, 2.45) is 23.7 Å². The Kier molecular flexibility index (Phi) is 10.8. The number of carbonyl (C=O) groups excluding carboxylic acids is 1. The van der Waals surface area contributed by atoms with Crippen LogP contribution in [-0.4, -0.2) is 51.2 Å². The number of hydrogen-bond acceptors (Lipinski definition) is 6. The Bertz CT molecular complexity index is 831. The van der Waals surface area contributed by atoms with Gasteiger partial charge >= 0.3 is 0 Å². The first kappa shape index (κ1) is 31.0. The minimum Gasteiger partial charge on any atom is -0.497 e. The molecular weight excluding hydrogens is 472 g/mol. The summed E-state index contributed by atoms with van der Waals surface area (Å²) in [5.74, 6) is 0.569. The van der Waals surface area contributed by atoms with E-state index >= 15 is 0 Å². The van der Waals surface area contributed by atoms with Crippen LogP contribution >= 0.6 is 0 Å². The number of methoxy groups -OCH3 is 1. The summed E-state index contributed by atoms with van der Waals surface area (Å²) in [7, 11) is -0.390. The van der Waals surface area contributed by atoms with E-state index in [4.69, 9.17) is 18.6 Å². The van der Waals surface area contributed by atoms with Crippen LogP contribution in [0.5, 0.6) is 5.75 Å². The van der Waals surface area contributed by atoms with Gasteiger partial charge in [-0.2, -0.15) is 0 Å². The van der Waals surface area contributed by atoms with Gasteiger partial charge in [-0.3, -0.25) is 4.79 Å². The summed E-state index contributed by atoms with van der Waals surface area (Å²) in [4.78, 5) is 13.3. The number of aliphatic hydroxyl groups is 1. The lowest BCUT2D eigenvalue weighted by Gasteiger charge is -2.43. The standard InChI is InChI=1S/C29H50O6Si/c1-18(2)26(35-36(10,11)29(6,7)8)20(4)24(30)16-25(31)21(5)27-19(3)17-33-28(34-27)22-12-14-23(32-9)15-13-22/h12-15,18-21,24,26-28,30H,16-17H2,1-11H3/t19-,20-,21-,24+,26-,27-,28-/m0/s1. The first-order valence-corrected chi connectivity index (χ1v) is 16.3. The fourth-order valence-electron chi connectivity index (χ4n) is 4.54. The highest BCUT2D eigenvalue weighted by Gasteiger charge is 2.43. The molecule has 36 heavy (non-hydrogen) atoms. The van der Waals surface area contributed by atoms with Gasteiger partial charge in [-0.15, -0.1) is 0 Å². The molecule has 0 aromatic heterocycles. The van der Waals surface area contributed by atoms with Gasteiger partial charge in [-0.05, 0) is 36.2 Å². The van der Waals surface area contributed by atoms with E-state index in [1.807, 2.05) is 45.0 Å². The van der Waals surface area contributed by atoms with E-state index in [-0.39, 0.29) is 53.1 Å². The monoisotopic (exact) mass is 522 g/mol. The summed E-state index contributed by atoms with van der Waals surface area (Å²) >= 11 is 0. The molecule has 0 radical (unpaired) electrons. The molecule has 0 aliphatic carbocycles. The van der Waals surface area contributed by atoms with E-state index in [9.17, 15) is 9.90 Å².